The van der Waals surface area contributed by atoms with Crippen molar-refractivity contribution in [2.24, 2.45) is 5.92 Å². The normalized spacial score (nSPS) is 23.0. The first-order valence-corrected chi connectivity index (χ1v) is 6.40. The summed E-state index contributed by atoms with van der Waals surface area (Å²) < 4.78 is 5.49. The van der Waals surface area contributed by atoms with E-state index in [1.165, 1.54) is 6.07 Å². The SMILES string of the molecule is CCC1OCCC1C(=O)Nc1ccc(Cl)c(O)c1. The second-order valence-electron chi connectivity index (χ2n) is 4.37. The van der Waals surface area contributed by atoms with Gasteiger partial charge in [-0.05, 0) is 25.0 Å². The van der Waals surface area contributed by atoms with E-state index in [0.717, 1.165) is 12.8 Å². The van der Waals surface area contributed by atoms with E-state index in [9.17, 15) is 9.90 Å². The molecule has 1 saturated heterocycles. The minimum absolute atomic E-state index is 0.00843. The highest BCUT2D eigenvalue weighted by atomic mass is 35.5. The molecular weight excluding hydrogens is 254 g/mol. The van der Waals surface area contributed by atoms with E-state index in [-0.39, 0.29) is 28.7 Å². The minimum Gasteiger partial charge on any atom is -0.506 e. The number of ether oxygens (including phenoxy) is 1. The van der Waals surface area contributed by atoms with Crippen LogP contribution in [0.2, 0.25) is 5.02 Å². The molecule has 1 heterocycles. The average molecular weight is 270 g/mol. The summed E-state index contributed by atoms with van der Waals surface area (Å²) >= 11 is 5.71. The Balaban J connectivity index is 2.04. The van der Waals surface area contributed by atoms with Crippen LogP contribution in [0.3, 0.4) is 0 Å². The van der Waals surface area contributed by atoms with Crippen molar-refractivity contribution < 1.29 is 14.6 Å². The number of carbonyl (C=O) groups excluding carboxylic acids is 1. The Kier molecular flexibility index (Phi) is 4.09. The highest BCUT2D eigenvalue weighted by Crippen LogP contribution is 2.28. The minimum atomic E-state index is -0.118. The van der Waals surface area contributed by atoms with Crippen LogP contribution in [0.5, 0.6) is 5.75 Å². The molecule has 2 atom stereocenters. The van der Waals surface area contributed by atoms with Gasteiger partial charge in [-0.15, -0.1) is 0 Å². The molecule has 1 aromatic rings. The molecule has 2 unspecified atom stereocenters. The molecule has 0 aliphatic carbocycles. The van der Waals surface area contributed by atoms with Gasteiger partial charge in [0, 0.05) is 18.4 Å². The van der Waals surface area contributed by atoms with E-state index in [4.69, 9.17) is 16.3 Å². The maximum atomic E-state index is 12.1. The zero-order valence-electron chi connectivity index (χ0n) is 10.1. The van der Waals surface area contributed by atoms with Gasteiger partial charge in [-0.1, -0.05) is 18.5 Å². The van der Waals surface area contributed by atoms with Crippen LogP contribution in [0.4, 0.5) is 5.69 Å². The third-order valence-electron chi connectivity index (χ3n) is 3.16. The van der Waals surface area contributed by atoms with E-state index in [2.05, 4.69) is 5.32 Å². The Morgan fingerprint density at radius 2 is 2.39 bits per heavy atom. The van der Waals surface area contributed by atoms with Crippen LogP contribution in [0.25, 0.3) is 0 Å². The van der Waals surface area contributed by atoms with Crippen molar-refractivity contribution in [2.75, 3.05) is 11.9 Å². The molecule has 4 nitrogen and oxygen atoms in total. The highest BCUT2D eigenvalue weighted by Gasteiger charge is 2.32. The van der Waals surface area contributed by atoms with Crippen molar-refractivity contribution in [3.63, 3.8) is 0 Å². The Labute approximate surface area is 111 Å². The lowest BCUT2D eigenvalue weighted by molar-refractivity contribution is -0.121. The third kappa shape index (κ3) is 2.76. The molecule has 0 aromatic heterocycles. The van der Waals surface area contributed by atoms with Gasteiger partial charge in [0.2, 0.25) is 5.91 Å². The van der Waals surface area contributed by atoms with E-state index >= 15 is 0 Å². The Bertz CT molecular complexity index is 450. The summed E-state index contributed by atoms with van der Waals surface area (Å²) in [4.78, 5) is 12.1. The zero-order chi connectivity index (χ0) is 13.1. The molecule has 0 bridgehead atoms. The molecule has 0 radical (unpaired) electrons. The number of benzene rings is 1. The van der Waals surface area contributed by atoms with Gasteiger partial charge in [0.1, 0.15) is 5.75 Å². The molecule has 1 aliphatic heterocycles. The molecule has 2 N–H and O–H groups in total. The second-order valence-corrected chi connectivity index (χ2v) is 4.78. The Morgan fingerprint density at radius 3 is 3.06 bits per heavy atom. The number of carbonyl (C=O) groups is 1. The molecule has 5 heteroatoms. The maximum absolute atomic E-state index is 12.1. The fraction of sp³-hybridized carbons (Fsp3) is 0.462. The molecular formula is C13H16ClNO3. The van der Waals surface area contributed by atoms with Crippen molar-refractivity contribution in [1.82, 2.24) is 0 Å². The first kappa shape index (κ1) is 13.2. The van der Waals surface area contributed by atoms with Crippen molar-refractivity contribution in [1.29, 1.82) is 0 Å². The molecule has 0 spiro atoms. The van der Waals surface area contributed by atoms with Gasteiger partial charge in [0.25, 0.3) is 0 Å². The van der Waals surface area contributed by atoms with Crippen LogP contribution < -0.4 is 5.32 Å². The predicted molar refractivity (Wildman–Crippen MR) is 69.9 cm³/mol. The molecule has 1 aliphatic rings. The van der Waals surface area contributed by atoms with Crippen molar-refractivity contribution >= 4 is 23.2 Å². The van der Waals surface area contributed by atoms with Crippen molar-refractivity contribution in [2.45, 2.75) is 25.9 Å². The van der Waals surface area contributed by atoms with Crippen molar-refractivity contribution in [3.8, 4) is 5.75 Å². The van der Waals surface area contributed by atoms with Gasteiger partial charge in [-0.2, -0.15) is 0 Å². The van der Waals surface area contributed by atoms with Gasteiger partial charge in [-0.25, -0.2) is 0 Å². The highest BCUT2D eigenvalue weighted by molar-refractivity contribution is 6.32. The van der Waals surface area contributed by atoms with Crippen LogP contribution in [0, 0.1) is 5.92 Å². The predicted octanol–water partition coefficient (Wildman–Crippen LogP) is 2.80. The summed E-state index contributed by atoms with van der Waals surface area (Å²) in [5.74, 6) is -0.224. The van der Waals surface area contributed by atoms with E-state index in [1.54, 1.807) is 12.1 Å². The number of hydrogen-bond donors (Lipinski definition) is 2. The van der Waals surface area contributed by atoms with Gasteiger partial charge < -0.3 is 15.2 Å². The largest absolute Gasteiger partial charge is 0.506 e. The van der Waals surface area contributed by atoms with E-state index < -0.39 is 0 Å². The zero-order valence-corrected chi connectivity index (χ0v) is 10.9. The van der Waals surface area contributed by atoms with Crippen LogP contribution in [0.1, 0.15) is 19.8 Å². The number of hydrogen-bond acceptors (Lipinski definition) is 3. The molecule has 98 valence electrons. The lowest BCUT2D eigenvalue weighted by atomic mass is 9.98. The third-order valence-corrected chi connectivity index (χ3v) is 3.48. The molecule has 1 amide bonds. The molecule has 1 fully saturated rings. The van der Waals surface area contributed by atoms with Crippen LogP contribution in [-0.2, 0) is 9.53 Å². The van der Waals surface area contributed by atoms with Gasteiger partial charge in [-0.3, -0.25) is 4.79 Å². The number of phenols is 1. The first-order valence-electron chi connectivity index (χ1n) is 6.02. The standard InChI is InChI=1S/C13H16ClNO3/c1-2-12-9(5-6-18-12)13(17)15-8-3-4-10(14)11(16)7-8/h3-4,7,9,12,16H,2,5-6H2,1H3,(H,15,17). The second kappa shape index (κ2) is 5.59. The quantitative estimate of drug-likeness (QED) is 0.887. The monoisotopic (exact) mass is 269 g/mol. The lowest BCUT2D eigenvalue weighted by Crippen LogP contribution is -2.29. The summed E-state index contributed by atoms with van der Waals surface area (Å²) in [5, 5.41) is 12.5. The Hall–Kier alpha value is -1.26. The smallest absolute Gasteiger partial charge is 0.230 e. The number of halogens is 1. The van der Waals surface area contributed by atoms with E-state index in [1.807, 2.05) is 6.92 Å². The van der Waals surface area contributed by atoms with Crippen LogP contribution in [0.15, 0.2) is 18.2 Å². The molecule has 0 saturated carbocycles. The first-order chi connectivity index (χ1) is 8.61. The van der Waals surface area contributed by atoms with Gasteiger partial charge in [0.05, 0.1) is 17.0 Å². The number of aromatic hydroxyl groups is 1. The number of amides is 1. The number of phenolic OH excluding ortho intramolecular Hbond substituents is 1. The summed E-state index contributed by atoms with van der Waals surface area (Å²) in [5.41, 5.74) is 0.545. The number of anilines is 1. The molecule has 1 aromatic carbocycles. The maximum Gasteiger partial charge on any atom is 0.230 e. The van der Waals surface area contributed by atoms with Gasteiger partial charge in [0.15, 0.2) is 0 Å². The van der Waals surface area contributed by atoms with E-state index in [0.29, 0.717) is 12.3 Å². The molecule has 18 heavy (non-hydrogen) atoms. The summed E-state index contributed by atoms with van der Waals surface area (Å²) in [7, 11) is 0. The fourth-order valence-electron chi connectivity index (χ4n) is 2.18. The summed E-state index contributed by atoms with van der Waals surface area (Å²) in [6, 6.07) is 4.66. The number of rotatable bonds is 3. The van der Waals surface area contributed by atoms with Crippen LogP contribution in [-0.4, -0.2) is 23.7 Å². The number of nitrogens with one attached hydrogen (secondary N) is 1. The summed E-state index contributed by atoms with van der Waals surface area (Å²) in [6.07, 6.45) is 1.55. The fourth-order valence-corrected chi connectivity index (χ4v) is 2.29. The topological polar surface area (TPSA) is 58.6 Å². The molecule has 2 rings (SSSR count). The summed E-state index contributed by atoms with van der Waals surface area (Å²) in [6.45, 7) is 2.63. The van der Waals surface area contributed by atoms with Crippen molar-refractivity contribution in [3.05, 3.63) is 23.2 Å². The average Bonchev–Trinajstić information content (AvgIpc) is 2.82. The van der Waals surface area contributed by atoms with Crippen LogP contribution >= 0.6 is 11.6 Å². The Morgan fingerprint density at radius 1 is 1.61 bits per heavy atom. The lowest BCUT2D eigenvalue weighted by Gasteiger charge is -2.16. The van der Waals surface area contributed by atoms with Gasteiger partial charge >= 0.3 is 0 Å².